The van der Waals surface area contributed by atoms with Crippen molar-refractivity contribution in [2.45, 2.75) is 32.4 Å². The maximum absolute atomic E-state index is 12.2. The van der Waals surface area contributed by atoms with Crippen LogP contribution >= 0.6 is 11.6 Å². The van der Waals surface area contributed by atoms with Gasteiger partial charge < -0.3 is 9.84 Å². The van der Waals surface area contributed by atoms with Gasteiger partial charge in [-0.1, -0.05) is 54.1 Å². The number of aliphatic hydroxyl groups is 1. The highest BCUT2D eigenvalue weighted by molar-refractivity contribution is 6.30. The molecule has 2 aromatic carbocycles. The lowest BCUT2D eigenvalue weighted by Crippen LogP contribution is -2.32. The third-order valence-electron chi connectivity index (χ3n) is 4.19. The lowest BCUT2D eigenvalue weighted by Gasteiger charge is -2.31. The molecular weight excluding hydrogens is 350 g/mol. The van der Waals surface area contributed by atoms with Crippen LogP contribution in [0.3, 0.4) is 0 Å². The van der Waals surface area contributed by atoms with Gasteiger partial charge in [0.15, 0.2) is 0 Å². The third kappa shape index (κ3) is 6.45. The van der Waals surface area contributed by atoms with Crippen molar-refractivity contribution in [3.63, 3.8) is 0 Å². The number of hydrogen-bond donors (Lipinski definition) is 1. The Bertz CT molecular complexity index is 661. The lowest BCUT2D eigenvalue weighted by molar-refractivity contribution is -0.144. The fourth-order valence-electron chi connectivity index (χ4n) is 2.96. The molecule has 0 saturated heterocycles. The summed E-state index contributed by atoms with van der Waals surface area (Å²) in [5.74, 6) is -0.227. The first kappa shape index (κ1) is 20.4. The van der Waals surface area contributed by atoms with Gasteiger partial charge in [0.05, 0.1) is 13.0 Å². The van der Waals surface area contributed by atoms with Crippen LogP contribution in [0, 0.1) is 0 Å². The molecule has 4 nitrogen and oxygen atoms in total. The first-order valence-corrected chi connectivity index (χ1v) is 9.31. The number of aliphatic hydroxyl groups excluding tert-OH is 1. The van der Waals surface area contributed by atoms with Gasteiger partial charge in [-0.2, -0.15) is 0 Å². The number of carbonyl (C=O) groups is 1. The Morgan fingerprint density at radius 2 is 1.85 bits per heavy atom. The zero-order chi connectivity index (χ0) is 18.8. The van der Waals surface area contributed by atoms with Gasteiger partial charge in [0.2, 0.25) is 0 Å². The molecule has 140 valence electrons. The van der Waals surface area contributed by atoms with E-state index in [1.807, 2.05) is 49.4 Å². The van der Waals surface area contributed by atoms with Crippen molar-refractivity contribution in [1.82, 2.24) is 4.90 Å². The van der Waals surface area contributed by atoms with Crippen molar-refractivity contribution >= 4 is 17.6 Å². The van der Waals surface area contributed by atoms with Crippen molar-refractivity contribution in [1.29, 1.82) is 0 Å². The van der Waals surface area contributed by atoms with Crippen LogP contribution in [0.2, 0.25) is 5.02 Å². The van der Waals surface area contributed by atoms with E-state index in [2.05, 4.69) is 17.0 Å². The molecular formula is C21H26ClNO3. The largest absolute Gasteiger partial charge is 0.466 e. The minimum atomic E-state index is -0.227. The zero-order valence-corrected chi connectivity index (χ0v) is 15.9. The molecule has 0 aliphatic heterocycles. The SMILES string of the molecule is CCOC(=O)CC(c1ccc(Cl)cc1)N(CCCO)Cc1ccccc1. The van der Waals surface area contributed by atoms with Crippen LogP contribution in [0.15, 0.2) is 54.6 Å². The standard InChI is InChI=1S/C21H26ClNO3/c1-2-26-21(25)15-20(18-9-11-19(22)12-10-18)23(13-6-14-24)16-17-7-4-3-5-8-17/h3-5,7-12,20,24H,2,6,13-16H2,1H3. The Morgan fingerprint density at radius 1 is 1.15 bits per heavy atom. The predicted octanol–water partition coefficient (Wildman–Crippen LogP) is 4.22. The highest BCUT2D eigenvalue weighted by Gasteiger charge is 2.24. The van der Waals surface area contributed by atoms with Gasteiger partial charge in [0, 0.05) is 30.8 Å². The molecule has 1 N–H and O–H groups in total. The number of carbonyl (C=O) groups excluding carboxylic acids is 1. The number of hydrogen-bond acceptors (Lipinski definition) is 4. The number of nitrogens with zero attached hydrogens (tertiary/aromatic N) is 1. The Kier molecular flexibility index (Phi) is 8.62. The molecule has 0 amide bonds. The predicted molar refractivity (Wildman–Crippen MR) is 104 cm³/mol. The van der Waals surface area contributed by atoms with Crippen LogP contribution in [0.5, 0.6) is 0 Å². The monoisotopic (exact) mass is 375 g/mol. The molecule has 0 bridgehead atoms. The minimum absolute atomic E-state index is 0.109. The molecule has 0 fully saturated rings. The average Bonchev–Trinajstić information content (AvgIpc) is 2.65. The van der Waals surface area contributed by atoms with E-state index in [9.17, 15) is 9.90 Å². The van der Waals surface area contributed by atoms with Crippen molar-refractivity contribution in [3.05, 3.63) is 70.7 Å². The Labute approximate surface area is 160 Å². The second-order valence-corrected chi connectivity index (χ2v) is 6.55. The molecule has 0 aliphatic carbocycles. The van der Waals surface area contributed by atoms with E-state index in [0.29, 0.717) is 31.1 Å². The van der Waals surface area contributed by atoms with Crippen LogP contribution in [0.1, 0.15) is 36.9 Å². The summed E-state index contributed by atoms with van der Waals surface area (Å²) in [4.78, 5) is 14.4. The zero-order valence-electron chi connectivity index (χ0n) is 15.1. The van der Waals surface area contributed by atoms with Gasteiger partial charge in [-0.25, -0.2) is 0 Å². The second kappa shape index (κ2) is 11.0. The van der Waals surface area contributed by atoms with E-state index in [1.54, 1.807) is 0 Å². The van der Waals surface area contributed by atoms with Gasteiger partial charge in [-0.15, -0.1) is 0 Å². The van der Waals surface area contributed by atoms with Gasteiger partial charge in [0.25, 0.3) is 0 Å². The molecule has 0 saturated carbocycles. The summed E-state index contributed by atoms with van der Waals surface area (Å²) in [6.45, 7) is 3.65. The van der Waals surface area contributed by atoms with Crippen LogP contribution < -0.4 is 0 Å². The van der Waals surface area contributed by atoms with Gasteiger partial charge in [-0.3, -0.25) is 9.69 Å². The fourth-order valence-corrected chi connectivity index (χ4v) is 3.08. The molecule has 2 aromatic rings. The molecule has 0 aromatic heterocycles. The summed E-state index contributed by atoms with van der Waals surface area (Å²) in [7, 11) is 0. The van der Waals surface area contributed by atoms with Crippen LogP contribution in [-0.4, -0.2) is 35.7 Å². The number of ether oxygens (including phenoxy) is 1. The molecule has 1 unspecified atom stereocenters. The molecule has 26 heavy (non-hydrogen) atoms. The Balaban J connectivity index is 2.28. The normalized spacial score (nSPS) is 12.2. The van der Waals surface area contributed by atoms with Gasteiger partial charge in [-0.05, 0) is 36.6 Å². The summed E-state index contributed by atoms with van der Waals surface area (Å²) in [6.07, 6.45) is 0.896. The molecule has 0 aliphatic rings. The molecule has 0 heterocycles. The van der Waals surface area contributed by atoms with E-state index in [1.165, 1.54) is 0 Å². The number of benzene rings is 2. The quantitative estimate of drug-likeness (QED) is 0.632. The van der Waals surface area contributed by atoms with Crippen molar-refractivity contribution in [2.24, 2.45) is 0 Å². The summed E-state index contributed by atoms with van der Waals surface area (Å²) < 4.78 is 5.18. The molecule has 5 heteroatoms. The summed E-state index contributed by atoms with van der Waals surface area (Å²) in [5.41, 5.74) is 2.17. The van der Waals surface area contributed by atoms with E-state index >= 15 is 0 Å². The Hall–Kier alpha value is -1.88. The molecule has 0 spiro atoms. The number of esters is 1. The Morgan fingerprint density at radius 3 is 2.46 bits per heavy atom. The maximum atomic E-state index is 12.2. The second-order valence-electron chi connectivity index (χ2n) is 6.11. The van der Waals surface area contributed by atoms with Crippen molar-refractivity contribution < 1.29 is 14.6 Å². The summed E-state index contributed by atoms with van der Waals surface area (Å²) in [6, 6.07) is 17.5. The minimum Gasteiger partial charge on any atom is -0.466 e. The average molecular weight is 376 g/mol. The molecule has 2 rings (SSSR count). The third-order valence-corrected chi connectivity index (χ3v) is 4.44. The first-order chi connectivity index (χ1) is 12.6. The number of halogens is 1. The van der Waals surface area contributed by atoms with Gasteiger partial charge in [0.1, 0.15) is 0 Å². The fraction of sp³-hybridized carbons (Fsp3) is 0.381. The highest BCUT2D eigenvalue weighted by atomic mass is 35.5. The number of rotatable bonds is 10. The highest BCUT2D eigenvalue weighted by Crippen LogP contribution is 2.28. The van der Waals surface area contributed by atoms with E-state index in [4.69, 9.17) is 16.3 Å². The first-order valence-electron chi connectivity index (χ1n) is 8.94. The lowest BCUT2D eigenvalue weighted by atomic mass is 10.0. The molecule has 1 atom stereocenters. The maximum Gasteiger partial charge on any atom is 0.307 e. The molecule has 0 radical (unpaired) electrons. The van der Waals surface area contributed by atoms with Crippen LogP contribution in [0.25, 0.3) is 0 Å². The van der Waals surface area contributed by atoms with Crippen molar-refractivity contribution in [2.75, 3.05) is 19.8 Å². The summed E-state index contributed by atoms with van der Waals surface area (Å²) in [5, 5.41) is 9.96. The van der Waals surface area contributed by atoms with Crippen LogP contribution in [-0.2, 0) is 16.1 Å². The van der Waals surface area contributed by atoms with E-state index in [-0.39, 0.29) is 25.0 Å². The smallest absolute Gasteiger partial charge is 0.307 e. The van der Waals surface area contributed by atoms with E-state index in [0.717, 1.165) is 11.1 Å². The topological polar surface area (TPSA) is 49.8 Å². The summed E-state index contributed by atoms with van der Waals surface area (Å²) >= 11 is 6.03. The van der Waals surface area contributed by atoms with Crippen molar-refractivity contribution in [3.8, 4) is 0 Å². The van der Waals surface area contributed by atoms with E-state index < -0.39 is 0 Å². The van der Waals surface area contributed by atoms with Crippen LogP contribution in [0.4, 0.5) is 0 Å². The van der Waals surface area contributed by atoms with Gasteiger partial charge >= 0.3 is 5.97 Å².